The van der Waals surface area contributed by atoms with Crippen LogP contribution >= 0.6 is 0 Å². The van der Waals surface area contributed by atoms with Gasteiger partial charge in [0.05, 0.1) is 13.2 Å². The molecular weight excluding hydrogens is 347 g/mol. The van der Waals surface area contributed by atoms with Crippen molar-refractivity contribution >= 4 is 5.96 Å². The van der Waals surface area contributed by atoms with Crippen molar-refractivity contribution in [3.63, 3.8) is 0 Å². The number of aliphatic imine (C=N–C) groups is 1. The summed E-state index contributed by atoms with van der Waals surface area (Å²) in [4.78, 5) is 4.23. The predicted octanol–water partition coefficient (Wildman–Crippen LogP) is 3.59. The fourth-order valence-corrected chi connectivity index (χ4v) is 2.13. The monoisotopic (exact) mass is 367 g/mol. The maximum Gasteiger partial charge on any atom is 0.573 e. The standard InChI is InChI=1S/C18H20F3N3O2/c1-2-25-16-5-3-4-14(10-16)12-24-17(22)23-11-13-6-8-15(9-7-13)26-18(19,20)21/h3-10H,2,11-12H2,1H3,(H3,22,23,24). The molecule has 0 aliphatic carbocycles. The van der Waals surface area contributed by atoms with Gasteiger partial charge in [-0.25, -0.2) is 4.99 Å². The largest absolute Gasteiger partial charge is 0.573 e. The first kappa shape index (κ1) is 19.4. The van der Waals surface area contributed by atoms with Crippen molar-refractivity contribution in [1.29, 1.82) is 0 Å². The molecule has 0 unspecified atom stereocenters. The van der Waals surface area contributed by atoms with E-state index in [1.165, 1.54) is 24.3 Å². The smallest absolute Gasteiger partial charge is 0.494 e. The van der Waals surface area contributed by atoms with Crippen LogP contribution in [0, 0.1) is 0 Å². The number of nitrogens with two attached hydrogens (primary N) is 1. The number of halogens is 3. The fraction of sp³-hybridized carbons (Fsp3) is 0.278. The van der Waals surface area contributed by atoms with E-state index >= 15 is 0 Å². The first-order valence-corrected chi connectivity index (χ1v) is 7.96. The zero-order chi connectivity index (χ0) is 19.0. The molecule has 2 aromatic rings. The highest BCUT2D eigenvalue weighted by molar-refractivity contribution is 5.77. The van der Waals surface area contributed by atoms with E-state index < -0.39 is 6.36 Å². The molecule has 0 atom stereocenters. The van der Waals surface area contributed by atoms with Gasteiger partial charge in [-0.2, -0.15) is 0 Å². The summed E-state index contributed by atoms with van der Waals surface area (Å²) in [5.74, 6) is 0.743. The maximum absolute atomic E-state index is 12.1. The highest BCUT2D eigenvalue weighted by atomic mass is 19.4. The molecule has 0 saturated heterocycles. The topological polar surface area (TPSA) is 68.9 Å². The van der Waals surface area contributed by atoms with Crippen molar-refractivity contribution < 1.29 is 22.6 Å². The van der Waals surface area contributed by atoms with Crippen LogP contribution in [0.15, 0.2) is 53.5 Å². The Hall–Kier alpha value is -2.90. The first-order valence-electron chi connectivity index (χ1n) is 7.96. The van der Waals surface area contributed by atoms with E-state index in [0.717, 1.165) is 16.9 Å². The lowest BCUT2D eigenvalue weighted by molar-refractivity contribution is -0.274. The molecule has 8 heteroatoms. The second kappa shape index (κ2) is 8.98. The van der Waals surface area contributed by atoms with Gasteiger partial charge in [0, 0.05) is 6.54 Å². The number of guanidine groups is 1. The molecular formula is C18H20F3N3O2. The van der Waals surface area contributed by atoms with Crippen molar-refractivity contribution in [2.75, 3.05) is 6.61 Å². The van der Waals surface area contributed by atoms with E-state index in [1.807, 2.05) is 31.2 Å². The number of hydrogen-bond donors (Lipinski definition) is 2. The molecule has 0 fully saturated rings. The molecule has 2 rings (SSSR count). The molecule has 0 saturated carbocycles. The Kier molecular flexibility index (Phi) is 6.71. The van der Waals surface area contributed by atoms with Crippen molar-refractivity contribution in [3.05, 3.63) is 59.7 Å². The Morgan fingerprint density at radius 2 is 1.81 bits per heavy atom. The molecule has 0 radical (unpaired) electrons. The van der Waals surface area contributed by atoms with Crippen LogP contribution in [-0.2, 0) is 13.1 Å². The number of hydrogen-bond acceptors (Lipinski definition) is 3. The lowest BCUT2D eigenvalue weighted by atomic mass is 10.2. The van der Waals surface area contributed by atoms with Crippen LogP contribution < -0.4 is 20.5 Å². The fourth-order valence-electron chi connectivity index (χ4n) is 2.13. The van der Waals surface area contributed by atoms with Gasteiger partial charge in [-0.05, 0) is 42.3 Å². The third-order valence-electron chi connectivity index (χ3n) is 3.27. The summed E-state index contributed by atoms with van der Waals surface area (Å²) in [5, 5.41) is 2.91. The number of nitrogens with zero attached hydrogens (tertiary/aromatic N) is 1. The zero-order valence-corrected chi connectivity index (χ0v) is 14.2. The van der Waals surface area contributed by atoms with Gasteiger partial charge in [0.15, 0.2) is 5.96 Å². The van der Waals surface area contributed by atoms with E-state index in [1.54, 1.807) is 0 Å². The van der Waals surface area contributed by atoms with E-state index in [9.17, 15) is 13.2 Å². The van der Waals surface area contributed by atoms with E-state index in [4.69, 9.17) is 10.5 Å². The number of alkyl halides is 3. The average molecular weight is 367 g/mol. The summed E-state index contributed by atoms with van der Waals surface area (Å²) in [6.45, 7) is 3.22. The van der Waals surface area contributed by atoms with Crippen LogP contribution in [0.3, 0.4) is 0 Å². The van der Waals surface area contributed by atoms with Crippen LogP contribution in [0.4, 0.5) is 13.2 Å². The molecule has 0 bridgehead atoms. The average Bonchev–Trinajstić information content (AvgIpc) is 2.59. The summed E-state index contributed by atoms with van der Waals surface area (Å²) in [6, 6.07) is 13.1. The van der Waals surface area contributed by atoms with Crippen LogP contribution in [0.5, 0.6) is 11.5 Å². The zero-order valence-electron chi connectivity index (χ0n) is 14.2. The Morgan fingerprint density at radius 3 is 2.46 bits per heavy atom. The van der Waals surface area contributed by atoms with Gasteiger partial charge in [0.2, 0.25) is 0 Å². The lowest BCUT2D eigenvalue weighted by Gasteiger charge is -2.10. The molecule has 0 spiro atoms. The van der Waals surface area contributed by atoms with Crippen LogP contribution in [0.2, 0.25) is 0 Å². The maximum atomic E-state index is 12.1. The molecule has 0 amide bonds. The van der Waals surface area contributed by atoms with Crippen molar-refractivity contribution in [1.82, 2.24) is 5.32 Å². The Labute approximate surface area is 149 Å². The Morgan fingerprint density at radius 1 is 1.08 bits per heavy atom. The second-order valence-corrected chi connectivity index (χ2v) is 5.33. The quantitative estimate of drug-likeness (QED) is 0.580. The molecule has 2 aromatic carbocycles. The predicted molar refractivity (Wildman–Crippen MR) is 92.9 cm³/mol. The van der Waals surface area contributed by atoms with E-state index in [-0.39, 0.29) is 11.7 Å². The molecule has 0 aromatic heterocycles. The van der Waals surface area contributed by atoms with Crippen molar-refractivity contribution in [2.45, 2.75) is 26.4 Å². The van der Waals surface area contributed by atoms with Crippen LogP contribution in [0.25, 0.3) is 0 Å². The molecule has 3 N–H and O–H groups in total. The minimum atomic E-state index is -4.70. The number of ether oxygens (including phenoxy) is 2. The molecule has 0 aliphatic rings. The van der Waals surface area contributed by atoms with Gasteiger partial charge in [0.1, 0.15) is 11.5 Å². The molecule has 5 nitrogen and oxygen atoms in total. The highest BCUT2D eigenvalue weighted by Crippen LogP contribution is 2.22. The molecule has 0 aliphatic heterocycles. The van der Waals surface area contributed by atoms with Gasteiger partial charge in [-0.1, -0.05) is 24.3 Å². The van der Waals surface area contributed by atoms with E-state index in [0.29, 0.717) is 19.7 Å². The first-order chi connectivity index (χ1) is 12.4. The lowest BCUT2D eigenvalue weighted by Crippen LogP contribution is -2.31. The molecule has 0 heterocycles. The van der Waals surface area contributed by atoms with Crippen LogP contribution in [-0.4, -0.2) is 18.9 Å². The third-order valence-corrected chi connectivity index (χ3v) is 3.27. The summed E-state index contributed by atoms with van der Waals surface area (Å²) in [6.07, 6.45) is -4.70. The van der Waals surface area contributed by atoms with Crippen LogP contribution in [0.1, 0.15) is 18.1 Å². The number of benzene rings is 2. The summed E-state index contributed by atoms with van der Waals surface area (Å²) in [5.41, 5.74) is 7.51. The Balaban J connectivity index is 1.85. The number of nitrogens with one attached hydrogen (secondary N) is 1. The summed E-state index contributed by atoms with van der Waals surface area (Å²) >= 11 is 0. The van der Waals surface area contributed by atoms with Gasteiger partial charge in [-0.15, -0.1) is 13.2 Å². The van der Waals surface area contributed by atoms with Gasteiger partial charge in [-0.3, -0.25) is 0 Å². The number of rotatable bonds is 7. The SMILES string of the molecule is CCOc1cccc(CN=C(N)NCc2ccc(OC(F)(F)F)cc2)c1. The van der Waals surface area contributed by atoms with Gasteiger partial charge in [0.25, 0.3) is 0 Å². The van der Waals surface area contributed by atoms with Crippen molar-refractivity contribution in [2.24, 2.45) is 10.7 Å². The summed E-state index contributed by atoms with van der Waals surface area (Å²) < 4.78 is 45.6. The molecule has 140 valence electrons. The van der Waals surface area contributed by atoms with E-state index in [2.05, 4.69) is 15.0 Å². The minimum Gasteiger partial charge on any atom is -0.494 e. The third kappa shape index (κ3) is 6.92. The highest BCUT2D eigenvalue weighted by Gasteiger charge is 2.30. The minimum absolute atomic E-state index is 0.238. The van der Waals surface area contributed by atoms with Gasteiger partial charge >= 0.3 is 6.36 Å². The Bertz CT molecular complexity index is 731. The van der Waals surface area contributed by atoms with Gasteiger partial charge < -0.3 is 20.5 Å². The normalized spacial score (nSPS) is 11.9. The molecule has 26 heavy (non-hydrogen) atoms. The van der Waals surface area contributed by atoms with Crippen molar-refractivity contribution in [3.8, 4) is 11.5 Å². The second-order valence-electron chi connectivity index (χ2n) is 5.33. The summed E-state index contributed by atoms with van der Waals surface area (Å²) in [7, 11) is 0.